The lowest BCUT2D eigenvalue weighted by Crippen LogP contribution is -2.06. The third kappa shape index (κ3) is 2.67. The maximum Gasteiger partial charge on any atom is 0.158 e. The topological polar surface area (TPSA) is 55.6 Å². The largest absolute Gasteiger partial charge is 0.370 e. The number of aromatic nitrogens is 4. The third-order valence-electron chi connectivity index (χ3n) is 2.70. The predicted octanol–water partition coefficient (Wildman–Crippen LogP) is 2.26. The monoisotopic (exact) mass is 245 g/mol. The van der Waals surface area contributed by atoms with Gasteiger partial charge in [-0.25, -0.2) is 15.0 Å². The van der Waals surface area contributed by atoms with Gasteiger partial charge in [-0.3, -0.25) is 0 Å². The van der Waals surface area contributed by atoms with E-state index < -0.39 is 0 Å². The average molecular weight is 245 g/mol. The van der Waals surface area contributed by atoms with Crippen LogP contribution in [0.5, 0.6) is 0 Å². The van der Waals surface area contributed by atoms with Crippen molar-refractivity contribution in [2.24, 2.45) is 7.05 Å². The van der Waals surface area contributed by atoms with Gasteiger partial charge in [0.15, 0.2) is 5.82 Å². The van der Waals surface area contributed by atoms with Crippen molar-refractivity contribution in [1.82, 2.24) is 19.5 Å². The molecule has 5 nitrogen and oxygen atoms in total. The molecule has 0 unspecified atom stereocenters. The van der Waals surface area contributed by atoms with Crippen molar-refractivity contribution in [3.05, 3.63) is 24.3 Å². The summed E-state index contributed by atoms with van der Waals surface area (Å²) in [6.45, 7) is 5.11. The van der Waals surface area contributed by atoms with E-state index in [0.717, 1.165) is 42.5 Å². The highest BCUT2D eigenvalue weighted by Gasteiger charge is 2.09. The van der Waals surface area contributed by atoms with E-state index in [1.165, 1.54) is 0 Å². The minimum absolute atomic E-state index is 0.819. The van der Waals surface area contributed by atoms with Gasteiger partial charge in [0.25, 0.3) is 0 Å². The number of rotatable bonds is 5. The molecule has 0 fully saturated rings. The lowest BCUT2D eigenvalue weighted by atomic mass is 10.3. The maximum absolute atomic E-state index is 4.53. The second-order valence-electron chi connectivity index (χ2n) is 4.20. The normalized spacial score (nSPS) is 10.6. The summed E-state index contributed by atoms with van der Waals surface area (Å²) in [6.07, 6.45) is 5.59. The summed E-state index contributed by atoms with van der Waals surface area (Å²) in [5.41, 5.74) is 0.868. The Bertz CT molecular complexity index is 518. The van der Waals surface area contributed by atoms with E-state index in [9.17, 15) is 0 Å². The first-order valence-corrected chi connectivity index (χ1v) is 6.34. The van der Waals surface area contributed by atoms with Crippen molar-refractivity contribution in [2.45, 2.75) is 26.7 Å². The van der Waals surface area contributed by atoms with Gasteiger partial charge < -0.3 is 9.88 Å². The van der Waals surface area contributed by atoms with E-state index in [-0.39, 0.29) is 0 Å². The van der Waals surface area contributed by atoms with E-state index in [1.807, 2.05) is 23.9 Å². The molecule has 2 aromatic heterocycles. The second kappa shape index (κ2) is 5.62. The molecule has 0 saturated carbocycles. The van der Waals surface area contributed by atoms with Gasteiger partial charge in [-0.15, -0.1) is 0 Å². The van der Waals surface area contributed by atoms with Crippen molar-refractivity contribution in [3.8, 4) is 11.5 Å². The molecule has 96 valence electrons. The van der Waals surface area contributed by atoms with Crippen LogP contribution in [-0.2, 0) is 13.5 Å². The molecule has 0 atom stereocenters. The lowest BCUT2D eigenvalue weighted by molar-refractivity contribution is 0.888. The number of imidazole rings is 1. The van der Waals surface area contributed by atoms with Crippen LogP contribution in [0.3, 0.4) is 0 Å². The summed E-state index contributed by atoms with van der Waals surface area (Å²) in [5, 5.41) is 3.30. The van der Waals surface area contributed by atoms with Gasteiger partial charge in [0.1, 0.15) is 17.3 Å². The van der Waals surface area contributed by atoms with E-state index in [0.29, 0.717) is 0 Å². The molecule has 2 aromatic rings. The zero-order valence-electron chi connectivity index (χ0n) is 11.1. The Balaban J connectivity index is 2.38. The Labute approximate surface area is 107 Å². The molecule has 0 aliphatic carbocycles. The van der Waals surface area contributed by atoms with Gasteiger partial charge in [0.2, 0.25) is 0 Å². The van der Waals surface area contributed by atoms with Crippen molar-refractivity contribution in [1.29, 1.82) is 0 Å². The number of hydrogen-bond acceptors (Lipinski definition) is 4. The minimum Gasteiger partial charge on any atom is -0.370 e. The second-order valence-corrected chi connectivity index (χ2v) is 4.20. The molecule has 0 aliphatic rings. The Hall–Kier alpha value is -1.91. The molecule has 1 N–H and O–H groups in total. The molecule has 5 heteroatoms. The molecule has 0 spiro atoms. The van der Waals surface area contributed by atoms with Gasteiger partial charge in [-0.2, -0.15) is 0 Å². The molecular weight excluding hydrogens is 226 g/mol. The molecule has 2 rings (SSSR count). The van der Waals surface area contributed by atoms with Crippen LogP contribution in [-0.4, -0.2) is 26.1 Å². The van der Waals surface area contributed by atoms with Crippen molar-refractivity contribution in [2.75, 3.05) is 11.9 Å². The average Bonchev–Trinajstić information content (AvgIpc) is 2.82. The van der Waals surface area contributed by atoms with Crippen LogP contribution in [0.4, 0.5) is 5.82 Å². The smallest absolute Gasteiger partial charge is 0.158 e. The Morgan fingerprint density at radius 3 is 2.72 bits per heavy atom. The minimum atomic E-state index is 0.819. The fourth-order valence-corrected chi connectivity index (χ4v) is 1.73. The number of anilines is 1. The summed E-state index contributed by atoms with van der Waals surface area (Å²) in [6, 6.07) is 1.96. The lowest BCUT2D eigenvalue weighted by Gasteiger charge is -2.08. The first-order valence-electron chi connectivity index (χ1n) is 6.34. The highest BCUT2D eigenvalue weighted by Crippen LogP contribution is 2.17. The molecule has 0 aliphatic heterocycles. The predicted molar refractivity (Wildman–Crippen MR) is 72.4 cm³/mol. The SMILES string of the molecule is CCCNc1cc(-c2nccn2C)nc(CC)n1. The van der Waals surface area contributed by atoms with Crippen LogP contribution in [0.15, 0.2) is 18.5 Å². The zero-order valence-corrected chi connectivity index (χ0v) is 11.1. The van der Waals surface area contributed by atoms with Gasteiger partial charge in [-0.1, -0.05) is 13.8 Å². The highest BCUT2D eigenvalue weighted by molar-refractivity contribution is 5.55. The van der Waals surface area contributed by atoms with Crippen molar-refractivity contribution >= 4 is 5.82 Å². The number of nitrogens with one attached hydrogen (secondary N) is 1. The van der Waals surface area contributed by atoms with Crippen LogP contribution >= 0.6 is 0 Å². The van der Waals surface area contributed by atoms with Crippen LogP contribution in [0, 0.1) is 0 Å². The molecule has 2 heterocycles. The number of aryl methyl sites for hydroxylation is 2. The molecule has 0 saturated heterocycles. The molecule has 0 radical (unpaired) electrons. The van der Waals surface area contributed by atoms with E-state index in [1.54, 1.807) is 6.20 Å². The summed E-state index contributed by atoms with van der Waals surface area (Å²) in [4.78, 5) is 13.3. The number of nitrogens with zero attached hydrogens (tertiary/aromatic N) is 4. The van der Waals surface area contributed by atoms with E-state index in [4.69, 9.17) is 0 Å². The van der Waals surface area contributed by atoms with Crippen LogP contribution in [0.1, 0.15) is 26.1 Å². The molecule has 0 aromatic carbocycles. The summed E-state index contributed by atoms with van der Waals surface area (Å²) >= 11 is 0. The van der Waals surface area contributed by atoms with Crippen LogP contribution in [0.2, 0.25) is 0 Å². The van der Waals surface area contributed by atoms with Crippen molar-refractivity contribution in [3.63, 3.8) is 0 Å². The van der Waals surface area contributed by atoms with Crippen LogP contribution < -0.4 is 5.32 Å². The first kappa shape index (κ1) is 12.5. The molecule has 0 amide bonds. The van der Waals surface area contributed by atoms with E-state index >= 15 is 0 Å². The summed E-state index contributed by atoms with van der Waals surface area (Å²) in [7, 11) is 1.97. The molecule has 0 bridgehead atoms. The van der Waals surface area contributed by atoms with E-state index in [2.05, 4.69) is 34.1 Å². The third-order valence-corrected chi connectivity index (χ3v) is 2.70. The van der Waals surface area contributed by atoms with Gasteiger partial charge in [0, 0.05) is 38.5 Å². The summed E-state index contributed by atoms with van der Waals surface area (Å²) in [5.74, 6) is 2.59. The van der Waals surface area contributed by atoms with Crippen LogP contribution in [0.25, 0.3) is 11.5 Å². The maximum atomic E-state index is 4.53. The first-order chi connectivity index (χ1) is 8.74. The zero-order chi connectivity index (χ0) is 13.0. The summed E-state index contributed by atoms with van der Waals surface area (Å²) < 4.78 is 1.96. The van der Waals surface area contributed by atoms with Crippen molar-refractivity contribution < 1.29 is 0 Å². The Morgan fingerprint density at radius 2 is 2.11 bits per heavy atom. The quantitative estimate of drug-likeness (QED) is 0.878. The Morgan fingerprint density at radius 1 is 1.28 bits per heavy atom. The molecule has 18 heavy (non-hydrogen) atoms. The van der Waals surface area contributed by atoms with Gasteiger partial charge in [0.05, 0.1) is 0 Å². The Kier molecular flexibility index (Phi) is 3.92. The van der Waals surface area contributed by atoms with Gasteiger partial charge >= 0.3 is 0 Å². The van der Waals surface area contributed by atoms with Gasteiger partial charge in [-0.05, 0) is 6.42 Å². The fourth-order valence-electron chi connectivity index (χ4n) is 1.73. The number of hydrogen-bond donors (Lipinski definition) is 1. The molecular formula is C13H19N5. The highest BCUT2D eigenvalue weighted by atomic mass is 15.1. The fraction of sp³-hybridized carbons (Fsp3) is 0.462. The standard InChI is InChI=1S/C13H19N5/c1-4-6-14-12-9-10(16-11(5-2)17-12)13-15-7-8-18(13)3/h7-9H,4-6H2,1-3H3,(H,14,16,17).